The summed E-state index contributed by atoms with van der Waals surface area (Å²) in [7, 11) is 2.95. The van der Waals surface area contributed by atoms with Crippen LogP contribution in [0.25, 0.3) is 6.08 Å². The van der Waals surface area contributed by atoms with Gasteiger partial charge in [-0.1, -0.05) is 6.07 Å². The first-order chi connectivity index (χ1) is 13.9. The Morgan fingerprint density at radius 2 is 1.93 bits per heavy atom. The molecule has 2 aromatic heterocycles. The number of hydrogen-bond donors (Lipinski definition) is 1. The van der Waals surface area contributed by atoms with Gasteiger partial charge in [0.1, 0.15) is 0 Å². The van der Waals surface area contributed by atoms with E-state index in [1.54, 1.807) is 25.0 Å². The van der Waals surface area contributed by atoms with E-state index in [9.17, 15) is 14.4 Å². The summed E-state index contributed by atoms with van der Waals surface area (Å²) >= 11 is 1.68. The summed E-state index contributed by atoms with van der Waals surface area (Å²) in [6.45, 7) is 0. The van der Waals surface area contributed by atoms with Gasteiger partial charge in [0.2, 0.25) is 5.91 Å². The van der Waals surface area contributed by atoms with Crippen molar-refractivity contribution in [2.45, 2.75) is 10.6 Å². The summed E-state index contributed by atoms with van der Waals surface area (Å²) in [6, 6.07) is 11.4. The van der Waals surface area contributed by atoms with Gasteiger partial charge in [0, 0.05) is 55.1 Å². The molecular formula is C21H20N4O3S. The Balaban J connectivity index is 1.60. The van der Waals surface area contributed by atoms with Crippen LogP contribution in [0.1, 0.15) is 11.1 Å². The van der Waals surface area contributed by atoms with Gasteiger partial charge < -0.3 is 9.88 Å². The molecule has 2 heterocycles. The first kappa shape index (κ1) is 20.3. The molecule has 0 saturated heterocycles. The number of benzene rings is 1. The normalized spacial score (nSPS) is 11.0. The molecule has 29 heavy (non-hydrogen) atoms. The quantitative estimate of drug-likeness (QED) is 0.500. The van der Waals surface area contributed by atoms with Crippen LogP contribution in [0.5, 0.6) is 0 Å². The lowest BCUT2D eigenvalue weighted by Gasteiger charge is -2.05. The van der Waals surface area contributed by atoms with Gasteiger partial charge in [-0.25, -0.2) is 4.79 Å². The Bertz CT molecular complexity index is 1150. The van der Waals surface area contributed by atoms with E-state index in [1.165, 1.54) is 30.0 Å². The third-order valence-electron chi connectivity index (χ3n) is 4.14. The average Bonchev–Trinajstić information content (AvgIpc) is 2.74. The highest BCUT2D eigenvalue weighted by atomic mass is 32.2. The molecule has 0 bridgehead atoms. The summed E-state index contributed by atoms with van der Waals surface area (Å²) in [6.07, 6.45) is 7.66. The Hall–Kier alpha value is -3.39. The molecule has 0 radical (unpaired) electrons. The molecule has 0 fully saturated rings. The van der Waals surface area contributed by atoms with Crippen LogP contribution >= 0.6 is 11.8 Å². The lowest BCUT2D eigenvalue weighted by atomic mass is 10.3. The van der Waals surface area contributed by atoms with E-state index in [0.717, 1.165) is 20.8 Å². The molecule has 0 aliphatic heterocycles. The van der Waals surface area contributed by atoms with E-state index in [1.807, 2.05) is 42.6 Å². The fourth-order valence-electron chi connectivity index (χ4n) is 2.58. The standard InChI is InChI=1S/C21H20N4O3S/c1-24-13-16(20(27)25(2)21(24)28)5-10-19(26)23-17-6-8-18(9-7-17)29-14-15-4-3-11-22-12-15/h3-13H,14H2,1-2H3,(H,23,26)/b10-5+. The van der Waals surface area contributed by atoms with Crippen LogP contribution in [0.2, 0.25) is 0 Å². The zero-order valence-corrected chi connectivity index (χ0v) is 16.8. The maximum Gasteiger partial charge on any atom is 0.330 e. The van der Waals surface area contributed by atoms with Crippen molar-refractivity contribution in [3.05, 3.63) is 93.0 Å². The minimum Gasteiger partial charge on any atom is -0.323 e. The van der Waals surface area contributed by atoms with E-state index >= 15 is 0 Å². The van der Waals surface area contributed by atoms with Crippen LogP contribution in [0.15, 0.2) is 75.5 Å². The molecule has 0 saturated carbocycles. The fraction of sp³-hybridized carbons (Fsp3) is 0.143. The monoisotopic (exact) mass is 408 g/mol. The van der Waals surface area contributed by atoms with Crippen LogP contribution in [0.4, 0.5) is 5.69 Å². The lowest BCUT2D eigenvalue weighted by molar-refractivity contribution is -0.111. The number of nitrogens with zero attached hydrogens (tertiary/aromatic N) is 3. The number of hydrogen-bond acceptors (Lipinski definition) is 5. The van der Waals surface area contributed by atoms with Crippen LogP contribution in [-0.4, -0.2) is 20.0 Å². The van der Waals surface area contributed by atoms with Gasteiger partial charge in [0.25, 0.3) is 5.56 Å². The van der Waals surface area contributed by atoms with Crippen molar-refractivity contribution in [1.82, 2.24) is 14.1 Å². The molecule has 1 amide bonds. The molecule has 1 N–H and O–H groups in total. The predicted octanol–water partition coefficient (Wildman–Crippen LogP) is 2.42. The second kappa shape index (κ2) is 9.20. The summed E-state index contributed by atoms with van der Waals surface area (Å²) in [5.41, 5.74) is 1.18. The number of aryl methyl sites for hydroxylation is 1. The first-order valence-corrected chi connectivity index (χ1v) is 9.80. The summed E-state index contributed by atoms with van der Waals surface area (Å²) in [5, 5.41) is 2.75. The Labute approximate surface area is 171 Å². The fourth-order valence-corrected chi connectivity index (χ4v) is 3.42. The number of thioether (sulfide) groups is 1. The molecule has 7 nitrogen and oxygen atoms in total. The molecule has 8 heteroatoms. The Kier molecular flexibility index (Phi) is 6.46. The van der Waals surface area contributed by atoms with Crippen molar-refractivity contribution in [3.63, 3.8) is 0 Å². The zero-order valence-electron chi connectivity index (χ0n) is 16.0. The molecule has 3 rings (SSSR count). The van der Waals surface area contributed by atoms with Crippen LogP contribution in [0, 0.1) is 0 Å². The van der Waals surface area contributed by atoms with Gasteiger partial charge in [-0.3, -0.25) is 19.1 Å². The molecular weight excluding hydrogens is 388 g/mol. The van der Waals surface area contributed by atoms with Gasteiger partial charge in [0.15, 0.2) is 0 Å². The molecule has 1 aromatic carbocycles. The van der Waals surface area contributed by atoms with Crippen molar-refractivity contribution in [2.24, 2.45) is 14.1 Å². The number of pyridine rings is 1. The minimum absolute atomic E-state index is 0.256. The zero-order chi connectivity index (χ0) is 20.8. The number of carbonyl (C=O) groups is 1. The SMILES string of the molecule is Cn1cc(/C=C/C(=O)Nc2ccc(SCc3cccnc3)cc2)c(=O)n(C)c1=O. The molecule has 0 spiro atoms. The minimum atomic E-state index is -0.452. The highest BCUT2D eigenvalue weighted by molar-refractivity contribution is 7.98. The van der Waals surface area contributed by atoms with Crippen molar-refractivity contribution >= 4 is 29.4 Å². The van der Waals surface area contributed by atoms with E-state index < -0.39 is 11.2 Å². The number of carbonyl (C=O) groups excluding carboxylic acids is 1. The maximum atomic E-state index is 12.1. The highest BCUT2D eigenvalue weighted by Gasteiger charge is 2.05. The first-order valence-electron chi connectivity index (χ1n) is 8.81. The smallest absolute Gasteiger partial charge is 0.323 e. The highest BCUT2D eigenvalue weighted by Crippen LogP contribution is 2.23. The predicted molar refractivity (Wildman–Crippen MR) is 115 cm³/mol. The maximum absolute atomic E-state index is 12.1. The number of nitrogens with one attached hydrogen (secondary N) is 1. The Morgan fingerprint density at radius 1 is 1.17 bits per heavy atom. The largest absolute Gasteiger partial charge is 0.330 e. The summed E-state index contributed by atoms with van der Waals surface area (Å²) in [4.78, 5) is 41.1. The van der Waals surface area contributed by atoms with Crippen molar-refractivity contribution < 1.29 is 4.79 Å². The van der Waals surface area contributed by atoms with Gasteiger partial charge in [-0.15, -0.1) is 11.8 Å². The van der Waals surface area contributed by atoms with Crippen molar-refractivity contribution in [2.75, 3.05) is 5.32 Å². The van der Waals surface area contributed by atoms with Gasteiger partial charge in [0.05, 0.1) is 5.56 Å². The molecule has 0 unspecified atom stereocenters. The number of anilines is 1. The summed E-state index contributed by atoms with van der Waals surface area (Å²) < 4.78 is 2.29. The third-order valence-corrected chi connectivity index (χ3v) is 5.22. The molecule has 0 atom stereocenters. The van der Waals surface area contributed by atoms with E-state index in [0.29, 0.717) is 5.69 Å². The number of aromatic nitrogens is 3. The number of amides is 1. The molecule has 148 valence electrons. The molecule has 0 aliphatic rings. The second-order valence-corrected chi connectivity index (χ2v) is 7.39. The van der Waals surface area contributed by atoms with Gasteiger partial charge >= 0.3 is 5.69 Å². The molecule has 3 aromatic rings. The Morgan fingerprint density at radius 3 is 2.62 bits per heavy atom. The van der Waals surface area contributed by atoms with E-state index in [4.69, 9.17) is 0 Å². The molecule has 0 aliphatic carbocycles. The second-order valence-electron chi connectivity index (χ2n) is 6.34. The van der Waals surface area contributed by atoms with Gasteiger partial charge in [-0.2, -0.15) is 0 Å². The van der Waals surface area contributed by atoms with Gasteiger partial charge in [-0.05, 0) is 42.0 Å². The average molecular weight is 408 g/mol. The topological polar surface area (TPSA) is 86.0 Å². The van der Waals surface area contributed by atoms with Crippen LogP contribution < -0.4 is 16.6 Å². The van der Waals surface area contributed by atoms with Crippen LogP contribution in [0.3, 0.4) is 0 Å². The summed E-state index contributed by atoms with van der Waals surface area (Å²) in [5.74, 6) is 0.452. The lowest BCUT2D eigenvalue weighted by Crippen LogP contribution is -2.37. The van der Waals surface area contributed by atoms with E-state index in [2.05, 4.69) is 10.3 Å². The van der Waals surface area contributed by atoms with Crippen LogP contribution in [-0.2, 0) is 24.6 Å². The van der Waals surface area contributed by atoms with E-state index in [-0.39, 0.29) is 11.5 Å². The number of rotatable bonds is 6. The third kappa shape index (κ3) is 5.32. The van der Waals surface area contributed by atoms with Crippen molar-refractivity contribution in [3.8, 4) is 0 Å². The van der Waals surface area contributed by atoms with Crippen molar-refractivity contribution in [1.29, 1.82) is 0 Å².